The van der Waals surface area contributed by atoms with Crippen LogP contribution in [-0.2, 0) is 16.0 Å². The molecule has 4 nitrogen and oxygen atoms in total. The highest BCUT2D eigenvalue weighted by Crippen LogP contribution is 2.47. The molecule has 1 amide bonds. The minimum absolute atomic E-state index is 0.0117. The van der Waals surface area contributed by atoms with Crippen molar-refractivity contribution in [2.45, 2.75) is 50.4 Å². The zero-order valence-electron chi connectivity index (χ0n) is 12.5. The molecular weight excluding hydrogens is 264 g/mol. The predicted molar refractivity (Wildman–Crippen MR) is 79.7 cm³/mol. The van der Waals surface area contributed by atoms with Gasteiger partial charge in [-0.3, -0.25) is 10.1 Å². The second-order valence-electron chi connectivity index (χ2n) is 6.45. The average molecular weight is 286 g/mol. The molecule has 4 rings (SSSR count). The summed E-state index contributed by atoms with van der Waals surface area (Å²) in [6.45, 7) is 3.60. The summed E-state index contributed by atoms with van der Waals surface area (Å²) in [6, 6.07) is 8.88. The Kier molecular flexibility index (Phi) is 3.05. The molecule has 4 heteroatoms. The summed E-state index contributed by atoms with van der Waals surface area (Å²) in [5.74, 6) is 0.280. The average Bonchev–Trinajstić information content (AvgIpc) is 2.99. The number of nitrogens with zero attached hydrogens (tertiary/aromatic N) is 1. The zero-order valence-corrected chi connectivity index (χ0v) is 12.5. The van der Waals surface area contributed by atoms with Gasteiger partial charge in [0.2, 0.25) is 5.91 Å². The Bertz CT molecular complexity index is 544. The van der Waals surface area contributed by atoms with E-state index in [9.17, 15) is 4.79 Å². The number of carbonyl (C=O) groups excluding carboxylic acids is 1. The van der Waals surface area contributed by atoms with Crippen molar-refractivity contribution in [3.63, 3.8) is 0 Å². The maximum Gasteiger partial charge on any atom is 0.244 e. The third-order valence-corrected chi connectivity index (χ3v) is 5.09. The summed E-state index contributed by atoms with van der Waals surface area (Å²) in [5, 5.41) is 3.59. The first-order valence-corrected chi connectivity index (χ1v) is 8.00. The van der Waals surface area contributed by atoms with E-state index in [0.717, 1.165) is 32.3 Å². The molecule has 0 aromatic heterocycles. The van der Waals surface area contributed by atoms with Crippen LogP contribution in [0.15, 0.2) is 24.3 Å². The van der Waals surface area contributed by atoms with E-state index in [4.69, 9.17) is 4.74 Å². The molecular formula is C17H22N2O2. The third kappa shape index (κ3) is 2.09. The second-order valence-corrected chi connectivity index (χ2v) is 6.45. The van der Waals surface area contributed by atoms with E-state index in [1.54, 1.807) is 0 Å². The van der Waals surface area contributed by atoms with Crippen LogP contribution in [0.5, 0.6) is 0 Å². The van der Waals surface area contributed by atoms with Crippen LogP contribution in [0.4, 0.5) is 0 Å². The van der Waals surface area contributed by atoms with Crippen LogP contribution in [0.25, 0.3) is 0 Å². The van der Waals surface area contributed by atoms with Gasteiger partial charge in [0.05, 0.1) is 12.6 Å². The molecule has 0 radical (unpaired) electrons. The van der Waals surface area contributed by atoms with Gasteiger partial charge >= 0.3 is 0 Å². The number of hydrogen-bond donors (Lipinski definition) is 1. The van der Waals surface area contributed by atoms with Crippen LogP contribution in [0.3, 0.4) is 0 Å². The van der Waals surface area contributed by atoms with Crippen LogP contribution < -0.4 is 5.32 Å². The molecule has 0 bridgehead atoms. The Morgan fingerprint density at radius 3 is 2.67 bits per heavy atom. The van der Waals surface area contributed by atoms with E-state index < -0.39 is 0 Å². The van der Waals surface area contributed by atoms with Gasteiger partial charge in [-0.25, -0.2) is 0 Å². The van der Waals surface area contributed by atoms with Crippen molar-refractivity contribution in [2.24, 2.45) is 0 Å². The van der Waals surface area contributed by atoms with E-state index >= 15 is 0 Å². The summed E-state index contributed by atoms with van der Waals surface area (Å²) in [4.78, 5) is 14.8. The molecule has 112 valence electrons. The smallest absolute Gasteiger partial charge is 0.244 e. The molecule has 2 saturated heterocycles. The fourth-order valence-corrected chi connectivity index (χ4v) is 3.54. The number of benzene rings is 1. The van der Waals surface area contributed by atoms with Gasteiger partial charge in [0, 0.05) is 6.61 Å². The van der Waals surface area contributed by atoms with Crippen molar-refractivity contribution >= 4 is 5.91 Å². The van der Waals surface area contributed by atoms with Crippen LogP contribution in [0, 0.1) is 0 Å². The molecule has 1 spiro atoms. The quantitative estimate of drug-likeness (QED) is 0.924. The standard InChI is InChI=1S/C17H22N2O2/c1-2-12-3-5-13(6-4-12)15-18-17(8-9-17)16(20)19(15)14-7-10-21-11-14/h3-6,14-15,18H,2,7-11H2,1H3. The van der Waals surface area contributed by atoms with Crippen molar-refractivity contribution < 1.29 is 9.53 Å². The monoisotopic (exact) mass is 286 g/mol. The Hall–Kier alpha value is -1.39. The molecule has 3 fully saturated rings. The number of hydrogen-bond acceptors (Lipinski definition) is 3. The summed E-state index contributed by atoms with van der Waals surface area (Å²) in [6.07, 6.45) is 3.95. The lowest BCUT2D eigenvalue weighted by atomic mass is 10.1. The van der Waals surface area contributed by atoms with Crippen molar-refractivity contribution in [1.82, 2.24) is 10.2 Å². The molecule has 21 heavy (non-hydrogen) atoms. The number of nitrogens with one attached hydrogen (secondary N) is 1. The lowest BCUT2D eigenvalue weighted by molar-refractivity contribution is -0.133. The first-order valence-electron chi connectivity index (χ1n) is 8.00. The summed E-state index contributed by atoms with van der Waals surface area (Å²) >= 11 is 0. The highest BCUT2D eigenvalue weighted by Gasteiger charge is 2.60. The number of carbonyl (C=O) groups is 1. The summed E-state index contributed by atoms with van der Waals surface area (Å²) in [5.41, 5.74) is 2.26. The molecule has 1 aromatic carbocycles. The molecule has 1 N–H and O–H groups in total. The fraction of sp³-hybridized carbons (Fsp3) is 0.588. The minimum atomic E-state index is -0.267. The maximum atomic E-state index is 12.8. The lowest BCUT2D eigenvalue weighted by Crippen LogP contribution is -2.40. The highest BCUT2D eigenvalue weighted by atomic mass is 16.5. The largest absolute Gasteiger partial charge is 0.379 e. The van der Waals surface area contributed by atoms with E-state index in [0.29, 0.717) is 6.61 Å². The van der Waals surface area contributed by atoms with Gasteiger partial charge in [-0.1, -0.05) is 31.2 Å². The highest BCUT2D eigenvalue weighted by molar-refractivity contribution is 5.92. The lowest BCUT2D eigenvalue weighted by Gasteiger charge is -2.29. The topological polar surface area (TPSA) is 41.6 Å². The Morgan fingerprint density at radius 2 is 2.10 bits per heavy atom. The third-order valence-electron chi connectivity index (χ3n) is 5.09. The molecule has 3 aliphatic rings. The molecule has 2 heterocycles. The number of aryl methyl sites for hydroxylation is 1. The Morgan fingerprint density at radius 1 is 1.33 bits per heavy atom. The molecule has 1 aromatic rings. The van der Waals surface area contributed by atoms with Crippen molar-refractivity contribution in [2.75, 3.05) is 13.2 Å². The van der Waals surface area contributed by atoms with Crippen LogP contribution >= 0.6 is 0 Å². The second kappa shape index (κ2) is 4.82. The Balaban J connectivity index is 1.65. The number of ether oxygens (including phenoxy) is 1. The van der Waals surface area contributed by atoms with E-state index in [1.807, 2.05) is 0 Å². The molecule has 2 aliphatic heterocycles. The van der Waals surface area contributed by atoms with Crippen molar-refractivity contribution in [1.29, 1.82) is 0 Å². The molecule has 2 unspecified atom stereocenters. The van der Waals surface area contributed by atoms with Gasteiger partial charge in [-0.15, -0.1) is 0 Å². The summed E-state index contributed by atoms with van der Waals surface area (Å²) in [7, 11) is 0. The van der Waals surface area contributed by atoms with Gasteiger partial charge < -0.3 is 9.64 Å². The van der Waals surface area contributed by atoms with E-state index in [-0.39, 0.29) is 23.7 Å². The van der Waals surface area contributed by atoms with Crippen LogP contribution in [0.1, 0.15) is 43.5 Å². The van der Waals surface area contributed by atoms with Crippen molar-refractivity contribution in [3.05, 3.63) is 35.4 Å². The van der Waals surface area contributed by atoms with Gasteiger partial charge in [-0.05, 0) is 36.8 Å². The maximum absolute atomic E-state index is 12.8. The predicted octanol–water partition coefficient (Wildman–Crippen LogP) is 2.00. The minimum Gasteiger partial charge on any atom is -0.379 e. The van der Waals surface area contributed by atoms with Gasteiger partial charge in [0.1, 0.15) is 11.7 Å². The first kappa shape index (κ1) is 13.3. The van der Waals surface area contributed by atoms with Crippen LogP contribution in [0.2, 0.25) is 0 Å². The van der Waals surface area contributed by atoms with Gasteiger partial charge in [-0.2, -0.15) is 0 Å². The molecule has 1 aliphatic carbocycles. The number of rotatable bonds is 3. The molecule has 1 saturated carbocycles. The van der Waals surface area contributed by atoms with E-state index in [2.05, 4.69) is 41.4 Å². The zero-order chi connectivity index (χ0) is 14.4. The SMILES string of the molecule is CCc1ccc(C2NC3(CC3)C(=O)N2C2CCOC2)cc1. The first-order chi connectivity index (χ1) is 10.2. The Labute approximate surface area is 125 Å². The van der Waals surface area contributed by atoms with Crippen LogP contribution in [-0.4, -0.2) is 35.6 Å². The number of amides is 1. The van der Waals surface area contributed by atoms with Gasteiger partial charge in [0.15, 0.2) is 0 Å². The molecule has 2 atom stereocenters. The summed E-state index contributed by atoms with van der Waals surface area (Å²) < 4.78 is 5.51. The van der Waals surface area contributed by atoms with Gasteiger partial charge in [0.25, 0.3) is 0 Å². The normalized spacial score (nSPS) is 30.3. The van der Waals surface area contributed by atoms with Crippen molar-refractivity contribution in [3.8, 4) is 0 Å². The fourth-order valence-electron chi connectivity index (χ4n) is 3.54. The van der Waals surface area contributed by atoms with E-state index in [1.165, 1.54) is 11.1 Å².